The molecule has 0 saturated heterocycles. The van der Waals surface area contributed by atoms with Crippen LogP contribution in [0.25, 0.3) is 11.5 Å². The lowest BCUT2D eigenvalue weighted by Gasteiger charge is -2.03. The second kappa shape index (κ2) is 6.30. The molecule has 3 rings (SSSR count). The predicted octanol–water partition coefficient (Wildman–Crippen LogP) is 4.18. The zero-order valence-corrected chi connectivity index (χ0v) is 14.6. The highest BCUT2D eigenvalue weighted by molar-refractivity contribution is 7.91. The van der Waals surface area contributed by atoms with Gasteiger partial charge < -0.3 is 9.73 Å². The van der Waals surface area contributed by atoms with E-state index < -0.39 is 9.84 Å². The van der Waals surface area contributed by atoms with Crippen LogP contribution in [0.3, 0.4) is 0 Å². The van der Waals surface area contributed by atoms with Crippen LogP contribution in [0.1, 0.15) is 5.56 Å². The van der Waals surface area contributed by atoms with Gasteiger partial charge in [-0.25, -0.2) is 8.42 Å². The topological polar surface area (TPSA) is 72.2 Å². The molecule has 0 fully saturated rings. The molecule has 0 aliphatic heterocycles. The Morgan fingerprint density at radius 2 is 1.75 bits per heavy atom. The van der Waals surface area contributed by atoms with Gasteiger partial charge in [-0.15, -0.1) is 0 Å². The second-order valence-corrected chi connectivity index (χ2v) is 7.47. The van der Waals surface area contributed by atoms with Crippen LogP contribution in [0.15, 0.2) is 62.9 Å². The third-order valence-corrected chi connectivity index (χ3v) is 5.52. The molecule has 0 aliphatic rings. The molecule has 1 heterocycles. The number of hydrogen-bond donors (Lipinski definition) is 1. The minimum absolute atomic E-state index is 0.0745. The molecule has 1 N–H and O–H groups in total. The summed E-state index contributed by atoms with van der Waals surface area (Å²) in [5.41, 5.74) is 1.50. The molecule has 124 valence electrons. The number of anilines is 1. The first-order valence-corrected chi connectivity index (χ1v) is 9.05. The van der Waals surface area contributed by atoms with E-state index in [0.29, 0.717) is 10.6 Å². The first-order chi connectivity index (χ1) is 11.4. The quantitative estimate of drug-likeness (QED) is 0.753. The first kappa shape index (κ1) is 16.5. The highest BCUT2D eigenvalue weighted by Crippen LogP contribution is 2.34. The van der Waals surface area contributed by atoms with Gasteiger partial charge in [0.05, 0.1) is 15.5 Å². The molecule has 2 aromatic carbocycles. The summed E-state index contributed by atoms with van der Waals surface area (Å²) in [4.78, 5) is 4.34. The summed E-state index contributed by atoms with van der Waals surface area (Å²) in [5, 5.41) is 3.01. The summed E-state index contributed by atoms with van der Waals surface area (Å²) in [5.74, 6) is 0.223. The van der Waals surface area contributed by atoms with E-state index in [-0.39, 0.29) is 21.7 Å². The van der Waals surface area contributed by atoms with E-state index in [4.69, 9.17) is 16.0 Å². The number of benzene rings is 2. The number of aromatic nitrogens is 1. The van der Waals surface area contributed by atoms with Gasteiger partial charge in [0.15, 0.2) is 0 Å². The lowest BCUT2D eigenvalue weighted by Crippen LogP contribution is -2.05. The van der Waals surface area contributed by atoms with Crippen molar-refractivity contribution in [2.24, 2.45) is 0 Å². The SMILES string of the molecule is CNc1oc(-c2ccccc2Cl)nc1S(=O)(=O)c1ccc(C)cc1. The fourth-order valence-electron chi connectivity index (χ4n) is 2.23. The molecule has 3 aromatic rings. The van der Waals surface area contributed by atoms with Gasteiger partial charge in [0.1, 0.15) is 0 Å². The summed E-state index contributed by atoms with van der Waals surface area (Å²) >= 11 is 6.14. The monoisotopic (exact) mass is 362 g/mol. The molecule has 0 radical (unpaired) electrons. The number of nitrogens with one attached hydrogen (secondary N) is 1. The standard InChI is InChI=1S/C17H15ClN2O3S/c1-11-7-9-12(10-8-11)24(21,22)17-16(19-2)23-15(20-17)13-5-3-4-6-14(13)18/h3-10,19H,1-2H3. The highest BCUT2D eigenvalue weighted by atomic mass is 35.5. The third-order valence-electron chi connectivity index (χ3n) is 3.51. The third kappa shape index (κ3) is 2.90. The number of hydrogen-bond acceptors (Lipinski definition) is 5. The lowest BCUT2D eigenvalue weighted by atomic mass is 10.2. The largest absolute Gasteiger partial charge is 0.419 e. The molecule has 0 spiro atoms. The average Bonchev–Trinajstić information content (AvgIpc) is 3.00. The predicted molar refractivity (Wildman–Crippen MR) is 93.1 cm³/mol. The summed E-state index contributed by atoms with van der Waals surface area (Å²) in [7, 11) is -2.23. The van der Waals surface area contributed by atoms with Crippen LogP contribution in [0, 0.1) is 6.92 Å². The molecule has 0 saturated carbocycles. The summed E-state index contributed by atoms with van der Waals surface area (Å²) in [6, 6.07) is 13.5. The molecule has 0 atom stereocenters. The number of rotatable bonds is 4. The van der Waals surface area contributed by atoms with E-state index >= 15 is 0 Å². The van der Waals surface area contributed by atoms with Crippen LogP contribution < -0.4 is 5.32 Å². The van der Waals surface area contributed by atoms with Gasteiger partial charge >= 0.3 is 0 Å². The van der Waals surface area contributed by atoms with Crippen molar-refractivity contribution in [2.45, 2.75) is 16.8 Å². The smallest absolute Gasteiger partial charge is 0.233 e. The van der Waals surface area contributed by atoms with Crippen LogP contribution >= 0.6 is 11.6 Å². The van der Waals surface area contributed by atoms with Crippen LogP contribution in [0.2, 0.25) is 5.02 Å². The van der Waals surface area contributed by atoms with Crippen LogP contribution in [-0.2, 0) is 9.84 Å². The zero-order valence-electron chi connectivity index (χ0n) is 13.1. The van der Waals surface area contributed by atoms with E-state index in [9.17, 15) is 8.42 Å². The zero-order chi connectivity index (χ0) is 17.3. The summed E-state index contributed by atoms with van der Waals surface area (Å²) in [6.45, 7) is 1.89. The van der Waals surface area contributed by atoms with Crippen molar-refractivity contribution >= 4 is 27.3 Å². The highest BCUT2D eigenvalue weighted by Gasteiger charge is 2.28. The van der Waals surface area contributed by atoms with E-state index in [1.165, 1.54) is 0 Å². The Hall–Kier alpha value is -2.31. The van der Waals surface area contributed by atoms with E-state index in [1.807, 2.05) is 6.92 Å². The fraction of sp³-hybridized carbons (Fsp3) is 0.118. The van der Waals surface area contributed by atoms with Gasteiger partial charge in [-0.3, -0.25) is 0 Å². The number of aryl methyl sites for hydroxylation is 1. The molecule has 7 heteroatoms. The Labute approximate surface area is 145 Å². The maximum Gasteiger partial charge on any atom is 0.233 e. The molecule has 0 amide bonds. The minimum atomic E-state index is -3.81. The summed E-state index contributed by atoms with van der Waals surface area (Å²) < 4.78 is 31.3. The maximum atomic E-state index is 12.9. The van der Waals surface area contributed by atoms with Crippen molar-refractivity contribution in [1.82, 2.24) is 4.98 Å². The van der Waals surface area contributed by atoms with Gasteiger partial charge in [-0.2, -0.15) is 4.98 Å². The summed E-state index contributed by atoms with van der Waals surface area (Å²) in [6.07, 6.45) is 0. The molecule has 0 unspecified atom stereocenters. The van der Waals surface area contributed by atoms with E-state index in [2.05, 4.69) is 10.3 Å². The molecule has 24 heavy (non-hydrogen) atoms. The van der Waals surface area contributed by atoms with Crippen molar-refractivity contribution in [3.05, 3.63) is 59.1 Å². The Morgan fingerprint density at radius 1 is 1.08 bits per heavy atom. The number of halogens is 1. The van der Waals surface area contributed by atoms with Gasteiger partial charge in [0.2, 0.25) is 26.6 Å². The van der Waals surface area contributed by atoms with Gasteiger partial charge in [0.25, 0.3) is 0 Å². The van der Waals surface area contributed by atoms with Crippen molar-refractivity contribution in [1.29, 1.82) is 0 Å². The van der Waals surface area contributed by atoms with Crippen molar-refractivity contribution < 1.29 is 12.8 Å². The van der Waals surface area contributed by atoms with Crippen molar-refractivity contribution in [3.8, 4) is 11.5 Å². The average molecular weight is 363 g/mol. The van der Waals surface area contributed by atoms with Crippen LogP contribution in [0.5, 0.6) is 0 Å². The Bertz CT molecular complexity index is 979. The fourth-order valence-corrected chi connectivity index (χ4v) is 3.75. The normalized spacial score (nSPS) is 11.5. The number of sulfone groups is 1. The number of nitrogens with zero attached hydrogens (tertiary/aromatic N) is 1. The molecule has 5 nitrogen and oxygen atoms in total. The van der Waals surface area contributed by atoms with Crippen LogP contribution in [0.4, 0.5) is 5.88 Å². The van der Waals surface area contributed by atoms with Gasteiger partial charge in [-0.1, -0.05) is 41.4 Å². The van der Waals surface area contributed by atoms with Gasteiger partial charge in [-0.05, 0) is 31.2 Å². The second-order valence-electron chi connectivity index (χ2n) is 5.20. The maximum absolute atomic E-state index is 12.9. The molecular formula is C17H15ClN2O3S. The lowest BCUT2D eigenvalue weighted by molar-refractivity contribution is 0.580. The van der Waals surface area contributed by atoms with E-state index in [1.54, 1.807) is 55.6 Å². The Morgan fingerprint density at radius 3 is 2.38 bits per heavy atom. The van der Waals surface area contributed by atoms with E-state index in [0.717, 1.165) is 5.56 Å². The molecule has 0 aliphatic carbocycles. The van der Waals surface area contributed by atoms with Gasteiger partial charge in [0, 0.05) is 7.05 Å². The first-order valence-electron chi connectivity index (χ1n) is 7.18. The van der Waals surface area contributed by atoms with Crippen molar-refractivity contribution in [2.75, 3.05) is 12.4 Å². The van der Waals surface area contributed by atoms with Crippen LogP contribution in [-0.4, -0.2) is 20.4 Å². The molecular weight excluding hydrogens is 348 g/mol. The number of oxazole rings is 1. The molecule has 0 bridgehead atoms. The minimum Gasteiger partial charge on any atom is -0.419 e. The molecule has 1 aromatic heterocycles. The Kier molecular flexibility index (Phi) is 4.34. The van der Waals surface area contributed by atoms with Crippen molar-refractivity contribution in [3.63, 3.8) is 0 Å². The Balaban J connectivity index is 2.15.